The van der Waals surface area contributed by atoms with Crippen molar-refractivity contribution in [1.29, 1.82) is 0 Å². The van der Waals surface area contributed by atoms with Crippen molar-refractivity contribution in [3.8, 4) is 0 Å². The Morgan fingerprint density at radius 2 is 2.09 bits per heavy atom. The van der Waals surface area contributed by atoms with Crippen LogP contribution < -0.4 is 5.73 Å². The molecule has 0 aliphatic rings. The van der Waals surface area contributed by atoms with Gasteiger partial charge in [-0.3, -0.25) is 0 Å². The molecule has 0 amide bonds. The van der Waals surface area contributed by atoms with Gasteiger partial charge in [-0.05, 0) is 11.6 Å². The van der Waals surface area contributed by atoms with Crippen LogP contribution in [0.1, 0.15) is 5.56 Å². The van der Waals surface area contributed by atoms with Crippen LogP contribution in [0.15, 0.2) is 24.3 Å². The molecule has 0 heterocycles. The van der Waals surface area contributed by atoms with Crippen molar-refractivity contribution in [2.24, 2.45) is 5.73 Å². The van der Waals surface area contributed by atoms with Gasteiger partial charge in [-0.25, -0.2) is 0 Å². The van der Waals surface area contributed by atoms with Crippen LogP contribution >= 0.6 is 23.4 Å². The minimum atomic E-state index is 0.644. The molecule has 0 aliphatic carbocycles. The summed E-state index contributed by atoms with van der Waals surface area (Å²) < 4.78 is 0. The largest absolute Gasteiger partial charge is 0.322 e. The van der Waals surface area contributed by atoms with Crippen molar-refractivity contribution < 1.29 is 0 Å². The topological polar surface area (TPSA) is 26.0 Å². The van der Waals surface area contributed by atoms with Gasteiger partial charge in [0.15, 0.2) is 0 Å². The molecule has 0 saturated carbocycles. The molecular weight excluding hydrogens is 178 g/mol. The standard InChI is InChI=1S/C8H10ClNS/c9-8-4-2-1-3-7(8)5-11-6-10/h1-4H,5-6,10H2. The second-order valence-corrected chi connectivity index (χ2v) is 3.54. The van der Waals surface area contributed by atoms with E-state index in [1.165, 1.54) is 0 Å². The van der Waals surface area contributed by atoms with Crippen LogP contribution in [-0.2, 0) is 5.75 Å². The van der Waals surface area contributed by atoms with Gasteiger partial charge in [0.2, 0.25) is 0 Å². The van der Waals surface area contributed by atoms with E-state index in [9.17, 15) is 0 Å². The molecule has 0 unspecified atom stereocenters. The molecule has 0 fully saturated rings. The molecular formula is C8H10ClNS. The highest BCUT2D eigenvalue weighted by molar-refractivity contribution is 7.98. The molecule has 2 N–H and O–H groups in total. The van der Waals surface area contributed by atoms with Crippen LogP contribution in [0.25, 0.3) is 0 Å². The van der Waals surface area contributed by atoms with Crippen molar-refractivity contribution in [2.45, 2.75) is 5.75 Å². The molecule has 0 radical (unpaired) electrons. The lowest BCUT2D eigenvalue weighted by Gasteiger charge is -2.00. The van der Waals surface area contributed by atoms with Crippen molar-refractivity contribution in [3.63, 3.8) is 0 Å². The highest BCUT2D eigenvalue weighted by Crippen LogP contribution is 2.19. The number of thioether (sulfide) groups is 1. The van der Waals surface area contributed by atoms with Gasteiger partial charge in [-0.15, -0.1) is 11.8 Å². The Bertz CT molecular complexity index is 227. The Labute approximate surface area is 75.9 Å². The summed E-state index contributed by atoms with van der Waals surface area (Å²) in [4.78, 5) is 0. The summed E-state index contributed by atoms with van der Waals surface area (Å²) >= 11 is 7.57. The third-order valence-electron chi connectivity index (χ3n) is 1.33. The fourth-order valence-electron chi connectivity index (χ4n) is 0.784. The quantitative estimate of drug-likeness (QED) is 0.736. The average Bonchev–Trinajstić information content (AvgIpc) is 2.03. The fourth-order valence-corrected chi connectivity index (χ4v) is 1.66. The molecule has 1 nitrogen and oxygen atoms in total. The number of benzene rings is 1. The van der Waals surface area contributed by atoms with Crippen molar-refractivity contribution in [1.82, 2.24) is 0 Å². The van der Waals surface area contributed by atoms with Crippen molar-refractivity contribution in [2.75, 3.05) is 5.88 Å². The van der Waals surface area contributed by atoms with Gasteiger partial charge in [0.05, 0.1) is 0 Å². The molecule has 0 aromatic heterocycles. The lowest BCUT2D eigenvalue weighted by atomic mass is 10.2. The summed E-state index contributed by atoms with van der Waals surface area (Å²) in [6.45, 7) is 0. The minimum Gasteiger partial charge on any atom is -0.322 e. The van der Waals surface area contributed by atoms with Crippen LogP contribution in [0.3, 0.4) is 0 Å². The van der Waals surface area contributed by atoms with Crippen LogP contribution in [0.2, 0.25) is 5.02 Å². The summed E-state index contributed by atoms with van der Waals surface area (Å²) in [5.41, 5.74) is 6.50. The summed E-state index contributed by atoms with van der Waals surface area (Å²) in [6.07, 6.45) is 0. The third kappa shape index (κ3) is 2.73. The van der Waals surface area contributed by atoms with E-state index >= 15 is 0 Å². The van der Waals surface area contributed by atoms with E-state index < -0.39 is 0 Å². The number of halogens is 1. The van der Waals surface area contributed by atoms with E-state index in [0.29, 0.717) is 5.88 Å². The first-order valence-electron chi connectivity index (χ1n) is 3.36. The van der Waals surface area contributed by atoms with Crippen molar-refractivity contribution >= 4 is 23.4 Å². The molecule has 1 rings (SSSR count). The molecule has 0 atom stereocenters. The Morgan fingerprint density at radius 3 is 2.73 bits per heavy atom. The first kappa shape index (κ1) is 8.91. The van der Waals surface area contributed by atoms with E-state index in [0.717, 1.165) is 16.3 Å². The van der Waals surface area contributed by atoms with E-state index in [1.54, 1.807) is 11.8 Å². The number of hydrogen-bond donors (Lipinski definition) is 1. The zero-order valence-corrected chi connectivity index (χ0v) is 7.66. The van der Waals surface area contributed by atoms with E-state index in [2.05, 4.69) is 0 Å². The molecule has 11 heavy (non-hydrogen) atoms. The zero-order valence-electron chi connectivity index (χ0n) is 6.09. The number of nitrogens with two attached hydrogens (primary N) is 1. The summed E-state index contributed by atoms with van der Waals surface area (Å²) in [5, 5.41) is 0.827. The summed E-state index contributed by atoms with van der Waals surface area (Å²) in [7, 11) is 0. The lowest BCUT2D eigenvalue weighted by Crippen LogP contribution is -1.93. The van der Waals surface area contributed by atoms with Gasteiger partial charge in [0, 0.05) is 16.7 Å². The molecule has 1 aromatic carbocycles. The Kier molecular flexibility index (Phi) is 3.77. The highest BCUT2D eigenvalue weighted by atomic mass is 35.5. The van der Waals surface area contributed by atoms with E-state index in [-0.39, 0.29) is 0 Å². The van der Waals surface area contributed by atoms with Gasteiger partial charge in [0.25, 0.3) is 0 Å². The van der Waals surface area contributed by atoms with Gasteiger partial charge in [-0.2, -0.15) is 0 Å². The molecule has 1 aromatic rings. The van der Waals surface area contributed by atoms with Gasteiger partial charge in [0.1, 0.15) is 0 Å². The molecule has 0 bridgehead atoms. The molecule has 0 aliphatic heterocycles. The predicted octanol–water partition coefficient (Wildman–Crippen LogP) is 2.49. The lowest BCUT2D eigenvalue weighted by molar-refractivity contribution is 1.35. The molecule has 60 valence electrons. The Morgan fingerprint density at radius 1 is 1.36 bits per heavy atom. The highest BCUT2D eigenvalue weighted by Gasteiger charge is 1.96. The average molecular weight is 188 g/mol. The SMILES string of the molecule is NCSCc1ccccc1Cl. The Hall–Kier alpha value is -0.180. The first-order valence-corrected chi connectivity index (χ1v) is 4.89. The molecule has 0 spiro atoms. The summed E-state index contributed by atoms with van der Waals surface area (Å²) in [5.74, 6) is 1.54. The maximum Gasteiger partial charge on any atom is 0.0446 e. The van der Waals surface area contributed by atoms with Crippen LogP contribution in [0, 0.1) is 0 Å². The van der Waals surface area contributed by atoms with E-state index in [4.69, 9.17) is 17.3 Å². The normalized spacial score (nSPS) is 10.0. The minimum absolute atomic E-state index is 0.644. The van der Waals surface area contributed by atoms with Gasteiger partial charge in [-0.1, -0.05) is 29.8 Å². The zero-order chi connectivity index (χ0) is 8.10. The van der Waals surface area contributed by atoms with Gasteiger partial charge < -0.3 is 5.73 Å². The van der Waals surface area contributed by atoms with Crippen LogP contribution in [0.4, 0.5) is 0 Å². The smallest absolute Gasteiger partial charge is 0.0446 e. The third-order valence-corrected chi connectivity index (χ3v) is 2.45. The number of hydrogen-bond acceptors (Lipinski definition) is 2. The fraction of sp³-hybridized carbons (Fsp3) is 0.250. The predicted molar refractivity (Wildman–Crippen MR) is 51.8 cm³/mol. The second-order valence-electron chi connectivity index (χ2n) is 2.11. The molecule has 0 saturated heterocycles. The summed E-state index contributed by atoms with van der Waals surface area (Å²) in [6, 6.07) is 7.83. The van der Waals surface area contributed by atoms with E-state index in [1.807, 2.05) is 24.3 Å². The van der Waals surface area contributed by atoms with Crippen LogP contribution in [-0.4, -0.2) is 5.88 Å². The maximum absolute atomic E-state index is 5.91. The van der Waals surface area contributed by atoms with Crippen molar-refractivity contribution in [3.05, 3.63) is 34.9 Å². The maximum atomic E-state index is 5.91. The first-order chi connectivity index (χ1) is 5.34. The number of rotatable bonds is 3. The van der Waals surface area contributed by atoms with Crippen LogP contribution in [0.5, 0.6) is 0 Å². The second kappa shape index (κ2) is 4.65. The Balaban J connectivity index is 2.62. The molecule has 3 heteroatoms. The monoisotopic (exact) mass is 187 g/mol. The van der Waals surface area contributed by atoms with Gasteiger partial charge >= 0.3 is 0 Å².